The molecule has 6 rings (SSSR count). The molecule has 2 aliphatic carbocycles. The van der Waals surface area contributed by atoms with E-state index in [1.165, 1.54) is 37.7 Å². The van der Waals surface area contributed by atoms with E-state index in [1.807, 2.05) is 35.4 Å². The van der Waals surface area contributed by atoms with Crippen LogP contribution in [0.2, 0.25) is 0 Å². The maximum absolute atomic E-state index is 4.90. The molecule has 4 heterocycles. The van der Waals surface area contributed by atoms with Crippen molar-refractivity contribution in [1.29, 1.82) is 0 Å². The normalized spacial score (nSPS) is 18.1. The molecule has 0 spiro atoms. The summed E-state index contributed by atoms with van der Waals surface area (Å²) in [5, 5.41) is 5.47. The van der Waals surface area contributed by atoms with Gasteiger partial charge in [0.25, 0.3) is 0 Å². The van der Waals surface area contributed by atoms with Gasteiger partial charge in [0.1, 0.15) is 11.5 Å². The minimum absolute atomic E-state index is 0.540. The van der Waals surface area contributed by atoms with Crippen molar-refractivity contribution in [3.8, 4) is 11.3 Å². The maximum atomic E-state index is 4.90. The molecule has 25 heavy (non-hydrogen) atoms. The number of hydrogen-bond acceptors (Lipinski definition) is 4. The van der Waals surface area contributed by atoms with Gasteiger partial charge in [-0.3, -0.25) is 0 Å². The molecule has 0 amide bonds. The van der Waals surface area contributed by atoms with Gasteiger partial charge < -0.3 is 4.98 Å². The van der Waals surface area contributed by atoms with Crippen LogP contribution in [0.5, 0.6) is 0 Å². The van der Waals surface area contributed by atoms with Crippen LogP contribution in [0.25, 0.3) is 27.9 Å². The Labute approximate surface area is 144 Å². The minimum atomic E-state index is 0.540. The smallest absolute Gasteiger partial charge is 0.159 e. The van der Waals surface area contributed by atoms with Crippen molar-refractivity contribution in [2.75, 3.05) is 0 Å². The van der Waals surface area contributed by atoms with Crippen LogP contribution in [0.1, 0.15) is 55.3 Å². The number of nitrogens with one attached hydrogen (secondary N) is 1. The van der Waals surface area contributed by atoms with Gasteiger partial charge in [-0.1, -0.05) is 6.42 Å². The Morgan fingerprint density at radius 1 is 1.04 bits per heavy atom. The zero-order valence-corrected chi connectivity index (χ0v) is 13.8. The van der Waals surface area contributed by atoms with E-state index < -0.39 is 0 Å². The summed E-state index contributed by atoms with van der Waals surface area (Å²) < 4.78 is 1.87. The molecule has 2 saturated carbocycles. The largest absolute Gasteiger partial charge is 0.345 e. The summed E-state index contributed by atoms with van der Waals surface area (Å²) in [6, 6.07) is 2.01. The van der Waals surface area contributed by atoms with Crippen molar-refractivity contribution in [2.45, 2.75) is 43.9 Å². The molecule has 6 nitrogen and oxygen atoms in total. The minimum Gasteiger partial charge on any atom is -0.345 e. The monoisotopic (exact) mass is 330 g/mol. The summed E-state index contributed by atoms with van der Waals surface area (Å²) in [5.74, 6) is 2.15. The molecule has 0 aromatic carbocycles. The van der Waals surface area contributed by atoms with Gasteiger partial charge in [0, 0.05) is 41.0 Å². The second-order valence-electron chi connectivity index (χ2n) is 7.28. The summed E-state index contributed by atoms with van der Waals surface area (Å²) >= 11 is 0. The summed E-state index contributed by atoms with van der Waals surface area (Å²) in [6.45, 7) is 0. The molecule has 4 aromatic heterocycles. The Morgan fingerprint density at radius 3 is 2.76 bits per heavy atom. The van der Waals surface area contributed by atoms with Crippen molar-refractivity contribution in [2.24, 2.45) is 0 Å². The Hall–Kier alpha value is -2.76. The molecule has 2 fully saturated rings. The lowest BCUT2D eigenvalue weighted by molar-refractivity contribution is 0.402. The second-order valence-corrected chi connectivity index (χ2v) is 7.28. The number of aromatic amines is 1. The van der Waals surface area contributed by atoms with Gasteiger partial charge in [-0.15, -0.1) is 0 Å². The number of nitrogens with zero attached hydrogens (tertiary/aromatic N) is 5. The lowest BCUT2D eigenvalue weighted by Gasteiger charge is -2.23. The van der Waals surface area contributed by atoms with E-state index in [1.54, 1.807) is 0 Å². The Morgan fingerprint density at radius 2 is 1.96 bits per heavy atom. The van der Waals surface area contributed by atoms with Crippen LogP contribution < -0.4 is 0 Å². The molecule has 0 aliphatic heterocycles. The highest BCUT2D eigenvalue weighted by Gasteiger charge is 2.28. The van der Waals surface area contributed by atoms with Crippen LogP contribution in [-0.4, -0.2) is 29.5 Å². The lowest BCUT2D eigenvalue weighted by atomic mass is 9.85. The molecule has 0 bridgehead atoms. The van der Waals surface area contributed by atoms with Gasteiger partial charge in [-0.25, -0.2) is 19.5 Å². The fourth-order valence-corrected chi connectivity index (χ4v) is 3.71. The first-order valence-electron chi connectivity index (χ1n) is 9.05. The van der Waals surface area contributed by atoms with E-state index in [-0.39, 0.29) is 0 Å². The molecule has 6 heteroatoms. The molecule has 0 unspecified atom stereocenters. The van der Waals surface area contributed by atoms with E-state index in [0.717, 1.165) is 33.8 Å². The van der Waals surface area contributed by atoms with Gasteiger partial charge in [-0.05, 0) is 37.7 Å². The van der Waals surface area contributed by atoms with Crippen LogP contribution >= 0.6 is 0 Å². The zero-order chi connectivity index (χ0) is 16.4. The maximum Gasteiger partial charge on any atom is 0.159 e. The van der Waals surface area contributed by atoms with Crippen molar-refractivity contribution in [3.05, 3.63) is 42.2 Å². The number of H-pyrrole nitrogens is 1. The molecule has 0 radical (unpaired) electrons. The fourth-order valence-electron chi connectivity index (χ4n) is 3.71. The number of aromatic nitrogens is 6. The first-order valence-corrected chi connectivity index (χ1v) is 9.05. The summed E-state index contributed by atoms with van der Waals surface area (Å²) in [6.07, 6.45) is 14.1. The molecule has 1 N–H and O–H groups in total. The van der Waals surface area contributed by atoms with Crippen LogP contribution in [-0.2, 0) is 0 Å². The summed E-state index contributed by atoms with van der Waals surface area (Å²) in [7, 11) is 0. The summed E-state index contributed by atoms with van der Waals surface area (Å²) in [4.78, 5) is 17.6. The van der Waals surface area contributed by atoms with Crippen molar-refractivity contribution in [1.82, 2.24) is 29.5 Å². The van der Waals surface area contributed by atoms with E-state index >= 15 is 0 Å². The van der Waals surface area contributed by atoms with Gasteiger partial charge in [-0.2, -0.15) is 5.10 Å². The highest BCUT2D eigenvalue weighted by atomic mass is 15.2. The summed E-state index contributed by atoms with van der Waals surface area (Å²) in [5.41, 5.74) is 5.15. The lowest BCUT2D eigenvalue weighted by Crippen LogP contribution is -2.12. The molecule has 124 valence electrons. The molecule has 2 aliphatic rings. The second kappa shape index (κ2) is 4.88. The predicted octanol–water partition coefficient (Wildman–Crippen LogP) is 3.81. The van der Waals surface area contributed by atoms with Crippen LogP contribution in [0, 0.1) is 0 Å². The van der Waals surface area contributed by atoms with Gasteiger partial charge in [0.05, 0.1) is 11.9 Å². The number of fused-ring (bicyclic) bond motifs is 2. The Bertz CT molecular complexity index is 1100. The number of hydrogen-bond donors (Lipinski definition) is 1. The van der Waals surface area contributed by atoms with Crippen molar-refractivity contribution < 1.29 is 0 Å². The SMILES string of the molecule is c1cn2ncc(C3CC3)c2nc1-c1c[nH]c2nc(C3CCC3)ncc12. The first kappa shape index (κ1) is 13.5. The average molecular weight is 330 g/mol. The standard InChI is InChI=1S/C19H18N6/c1-2-12(3-1)17-20-9-15-14(8-21-18(15)24-17)16-6-7-25-19(23-16)13(10-22-25)11-4-5-11/h6-12H,1-5H2,(H,20,21,24). The van der Waals surface area contributed by atoms with E-state index in [9.17, 15) is 0 Å². The van der Waals surface area contributed by atoms with Gasteiger partial charge in [0.15, 0.2) is 5.65 Å². The highest BCUT2D eigenvalue weighted by molar-refractivity contribution is 5.92. The van der Waals surface area contributed by atoms with Gasteiger partial charge in [0.2, 0.25) is 0 Å². The zero-order valence-electron chi connectivity index (χ0n) is 13.8. The third-order valence-electron chi connectivity index (χ3n) is 5.61. The van der Waals surface area contributed by atoms with E-state index in [0.29, 0.717) is 11.8 Å². The van der Waals surface area contributed by atoms with Crippen molar-refractivity contribution >= 4 is 16.7 Å². The third-order valence-corrected chi connectivity index (χ3v) is 5.61. The van der Waals surface area contributed by atoms with E-state index in [2.05, 4.69) is 15.1 Å². The molecule has 0 atom stereocenters. The quantitative estimate of drug-likeness (QED) is 0.620. The van der Waals surface area contributed by atoms with Crippen molar-refractivity contribution in [3.63, 3.8) is 0 Å². The van der Waals surface area contributed by atoms with Crippen LogP contribution in [0.15, 0.2) is 30.9 Å². The Balaban J connectivity index is 1.47. The van der Waals surface area contributed by atoms with Gasteiger partial charge >= 0.3 is 0 Å². The fraction of sp³-hybridized carbons (Fsp3) is 0.368. The molecular weight excluding hydrogens is 312 g/mol. The third kappa shape index (κ3) is 2.03. The van der Waals surface area contributed by atoms with Crippen LogP contribution in [0.3, 0.4) is 0 Å². The predicted molar refractivity (Wildman–Crippen MR) is 94.4 cm³/mol. The average Bonchev–Trinajstić information content (AvgIpc) is 3.20. The Kier molecular flexibility index (Phi) is 2.64. The number of rotatable bonds is 3. The molecule has 0 saturated heterocycles. The molecular formula is C19H18N6. The van der Waals surface area contributed by atoms with E-state index in [4.69, 9.17) is 9.97 Å². The first-order chi connectivity index (χ1) is 12.4. The van der Waals surface area contributed by atoms with Crippen LogP contribution in [0.4, 0.5) is 0 Å². The molecule has 4 aromatic rings. The highest BCUT2D eigenvalue weighted by Crippen LogP contribution is 2.42. The topological polar surface area (TPSA) is 71.8 Å².